The number of hydrogen-bond acceptors (Lipinski definition) is 6. The van der Waals surface area contributed by atoms with Crippen LogP contribution < -0.4 is 14.8 Å². The van der Waals surface area contributed by atoms with Crippen molar-refractivity contribution in [3.05, 3.63) is 59.0 Å². The lowest BCUT2D eigenvalue weighted by molar-refractivity contribution is -0.118. The molecule has 1 amide bonds. The highest BCUT2D eigenvalue weighted by Crippen LogP contribution is 2.27. The molecule has 0 saturated carbocycles. The Bertz CT molecular complexity index is 1140. The second-order valence-electron chi connectivity index (χ2n) is 6.64. The molecular weight excluding hydrogens is 388 g/mol. The molecule has 7 nitrogen and oxygen atoms in total. The normalized spacial score (nSPS) is 10.9. The average molecular weight is 408 g/mol. The van der Waals surface area contributed by atoms with Crippen molar-refractivity contribution in [2.75, 3.05) is 19.0 Å². The molecule has 0 unspecified atom stereocenters. The third-order valence-corrected chi connectivity index (χ3v) is 5.10. The Hall–Kier alpha value is -3.39. The van der Waals surface area contributed by atoms with Crippen LogP contribution >= 0.6 is 11.3 Å². The van der Waals surface area contributed by atoms with Gasteiger partial charge in [-0.05, 0) is 61.4 Å². The molecule has 0 fully saturated rings. The molecule has 1 N–H and O–H groups in total. The summed E-state index contributed by atoms with van der Waals surface area (Å²) >= 11 is 1.46. The lowest BCUT2D eigenvalue weighted by Gasteiger charge is -2.07. The van der Waals surface area contributed by atoms with Crippen molar-refractivity contribution < 1.29 is 14.3 Å². The van der Waals surface area contributed by atoms with Crippen LogP contribution in [0.2, 0.25) is 0 Å². The van der Waals surface area contributed by atoms with Crippen LogP contribution in [0.1, 0.15) is 11.1 Å². The fourth-order valence-corrected chi connectivity index (χ4v) is 3.85. The predicted octanol–water partition coefficient (Wildman–Crippen LogP) is 4.10. The Kier molecular flexibility index (Phi) is 5.18. The molecule has 2 aromatic heterocycles. The van der Waals surface area contributed by atoms with Gasteiger partial charge >= 0.3 is 0 Å². The Morgan fingerprint density at radius 3 is 2.52 bits per heavy atom. The van der Waals surface area contributed by atoms with E-state index in [2.05, 4.69) is 21.5 Å². The summed E-state index contributed by atoms with van der Waals surface area (Å²) in [5, 5.41) is 9.08. The summed E-state index contributed by atoms with van der Waals surface area (Å²) in [6.45, 7) is 3.87. The zero-order chi connectivity index (χ0) is 20.4. The number of nitrogens with zero attached hydrogens (tertiary/aromatic N) is 3. The first-order valence-corrected chi connectivity index (χ1v) is 9.89. The van der Waals surface area contributed by atoms with Gasteiger partial charge in [0.2, 0.25) is 4.96 Å². The number of rotatable bonds is 6. The van der Waals surface area contributed by atoms with Crippen LogP contribution in [0.15, 0.2) is 47.8 Å². The van der Waals surface area contributed by atoms with Crippen molar-refractivity contribution in [3.8, 4) is 22.8 Å². The number of amides is 1. The van der Waals surface area contributed by atoms with Gasteiger partial charge in [0.15, 0.2) is 6.61 Å². The van der Waals surface area contributed by atoms with Crippen molar-refractivity contribution in [2.45, 2.75) is 13.8 Å². The Balaban J connectivity index is 1.45. The molecule has 4 aromatic rings. The molecule has 0 atom stereocenters. The largest absolute Gasteiger partial charge is 0.497 e. The van der Waals surface area contributed by atoms with E-state index < -0.39 is 0 Å². The van der Waals surface area contributed by atoms with Crippen molar-refractivity contribution in [3.63, 3.8) is 0 Å². The number of hydrogen-bond donors (Lipinski definition) is 1. The van der Waals surface area contributed by atoms with Crippen molar-refractivity contribution in [1.82, 2.24) is 14.6 Å². The third kappa shape index (κ3) is 4.22. The number of nitrogens with one attached hydrogen (secondary N) is 1. The summed E-state index contributed by atoms with van der Waals surface area (Å²) in [7, 11) is 1.63. The number of aromatic nitrogens is 3. The van der Waals surface area contributed by atoms with E-state index in [1.54, 1.807) is 11.6 Å². The standard InChI is InChI=1S/C21H20N4O3S/c1-13-8-14(2)10-17(9-13)28-11-19(26)22-20-23-21-25(24-20)18(12-29-21)15-4-6-16(27-3)7-5-15/h4-10,12H,11H2,1-3H3,(H,22,24,26). The van der Waals surface area contributed by atoms with Crippen LogP contribution in [-0.4, -0.2) is 34.2 Å². The van der Waals surface area contributed by atoms with E-state index in [-0.39, 0.29) is 18.5 Å². The lowest BCUT2D eigenvalue weighted by Crippen LogP contribution is -2.21. The predicted molar refractivity (Wildman–Crippen MR) is 113 cm³/mol. The van der Waals surface area contributed by atoms with Crippen LogP contribution in [0, 0.1) is 13.8 Å². The molecule has 0 radical (unpaired) electrons. The molecule has 0 spiro atoms. The van der Waals surface area contributed by atoms with Crippen molar-refractivity contribution in [1.29, 1.82) is 0 Å². The number of aryl methyl sites for hydroxylation is 2. The van der Waals surface area contributed by atoms with Gasteiger partial charge in [-0.15, -0.1) is 16.4 Å². The first-order chi connectivity index (χ1) is 14.0. The highest BCUT2D eigenvalue weighted by Gasteiger charge is 2.14. The van der Waals surface area contributed by atoms with Gasteiger partial charge in [-0.1, -0.05) is 6.07 Å². The minimum atomic E-state index is -0.312. The molecule has 2 heterocycles. The minimum absolute atomic E-state index is 0.110. The third-order valence-electron chi connectivity index (χ3n) is 4.28. The van der Waals surface area contributed by atoms with Gasteiger partial charge in [0.05, 0.1) is 12.8 Å². The van der Waals surface area contributed by atoms with Gasteiger partial charge in [0, 0.05) is 10.9 Å². The van der Waals surface area contributed by atoms with Crippen molar-refractivity contribution in [2.24, 2.45) is 0 Å². The van der Waals surface area contributed by atoms with Gasteiger partial charge in [0.25, 0.3) is 11.9 Å². The number of carbonyl (C=O) groups is 1. The smallest absolute Gasteiger partial charge is 0.264 e. The molecule has 0 aliphatic carbocycles. The molecule has 0 aliphatic heterocycles. The first-order valence-electron chi connectivity index (χ1n) is 9.01. The molecule has 8 heteroatoms. The number of carbonyl (C=O) groups excluding carboxylic acids is 1. The Labute approximate surface area is 171 Å². The van der Waals surface area contributed by atoms with Crippen molar-refractivity contribution >= 4 is 28.2 Å². The number of benzene rings is 2. The van der Waals surface area contributed by atoms with E-state index in [0.717, 1.165) is 28.1 Å². The molecule has 0 aliphatic rings. The maximum atomic E-state index is 12.2. The molecule has 29 heavy (non-hydrogen) atoms. The van der Waals surface area contributed by atoms with Gasteiger partial charge < -0.3 is 9.47 Å². The Morgan fingerprint density at radius 2 is 1.83 bits per heavy atom. The topological polar surface area (TPSA) is 77.8 Å². The maximum absolute atomic E-state index is 12.2. The number of anilines is 1. The molecule has 4 rings (SSSR count). The number of methoxy groups -OCH3 is 1. The summed E-state index contributed by atoms with van der Waals surface area (Å²) in [5.74, 6) is 1.39. The van der Waals surface area contributed by atoms with Crippen LogP contribution in [-0.2, 0) is 4.79 Å². The van der Waals surface area contributed by atoms with Gasteiger partial charge in [-0.3, -0.25) is 10.1 Å². The zero-order valence-corrected chi connectivity index (χ0v) is 17.1. The first kappa shape index (κ1) is 18.9. The Morgan fingerprint density at radius 1 is 1.10 bits per heavy atom. The average Bonchev–Trinajstić information content (AvgIpc) is 3.26. The highest BCUT2D eigenvalue weighted by atomic mass is 32.1. The van der Waals surface area contributed by atoms with E-state index in [4.69, 9.17) is 9.47 Å². The lowest BCUT2D eigenvalue weighted by atomic mass is 10.1. The van der Waals surface area contributed by atoms with Crippen LogP contribution in [0.4, 0.5) is 5.95 Å². The summed E-state index contributed by atoms with van der Waals surface area (Å²) in [5.41, 5.74) is 4.05. The van der Waals surface area contributed by atoms with Crippen LogP contribution in [0.3, 0.4) is 0 Å². The monoisotopic (exact) mass is 408 g/mol. The van der Waals surface area contributed by atoms with E-state index >= 15 is 0 Å². The summed E-state index contributed by atoms with van der Waals surface area (Å²) in [6.07, 6.45) is 0. The van der Waals surface area contributed by atoms with Gasteiger partial charge in [-0.2, -0.15) is 4.98 Å². The van der Waals surface area contributed by atoms with E-state index in [1.165, 1.54) is 11.3 Å². The van der Waals surface area contributed by atoms with E-state index in [0.29, 0.717) is 10.7 Å². The fourth-order valence-electron chi connectivity index (χ4n) is 3.02. The molecule has 2 aromatic carbocycles. The quantitative estimate of drug-likeness (QED) is 0.520. The maximum Gasteiger partial charge on any atom is 0.264 e. The molecular formula is C21H20N4O3S. The summed E-state index contributed by atoms with van der Waals surface area (Å²) < 4.78 is 12.5. The highest BCUT2D eigenvalue weighted by molar-refractivity contribution is 7.15. The fraction of sp³-hybridized carbons (Fsp3) is 0.190. The second-order valence-corrected chi connectivity index (χ2v) is 7.48. The molecule has 0 saturated heterocycles. The zero-order valence-electron chi connectivity index (χ0n) is 16.3. The van der Waals surface area contributed by atoms with Gasteiger partial charge in [0.1, 0.15) is 11.5 Å². The van der Waals surface area contributed by atoms with E-state index in [1.807, 2.05) is 55.6 Å². The summed E-state index contributed by atoms with van der Waals surface area (Å²) in [4.78, 5) is 17.3. The van der Waals surface area contributed by atoms with Gasteiger partial charge in [-0.25, -0.2) is 4.52 Å². The number of fused-ring (bicyclic) bond motifs is 1. The van der Waals surface area contributed by atoms with E-state index in [9.17, 15) is 4.79 Å². The number of ether oxygens (including phenoxy) is 2. The summed E-state index contributed by atoms with van der Waals surface area (Å²) in [6, 6.07) is 13.5. The number of thiazole rings is 1. The molecule has 148 valence electrons. The van der Waals surface area contributed by atoms with Crippen LogP contribution in [0.25, 0.3) is 16.2 Å². The minimum Gasteiger partial charge on any atom is -0.497 e. The van der Waals surface area contributed by atoms with Crippen LogP contribution in [0.5, 0.6) is 11.5 Å². The molecule has 0 bridgehead atoms. The second kappa shape index (κ2) is 7.92. The SMILES string of the molecule is COc1ccc(-c2csc3nc(NC(=O)COc4cc(C)cc(C)c4)nn23)cc1.